The van der Waals surface area contributed by atoms with Gasteiger partial charge in [-0.1, -0.05) is 30.3 Å². The van der Waals surface area contributed by atoms with Gasteiger partial charge >= 0.3 is 0 Å². The van der Waals surface area contributed by atoms with Crippen molar-refractivity contribution in [2.75, 3.05) is 7.05 Å². The van der Waals surface area contributed by atoms with Crippen LogP contribution in [0, 0.1) is 20.8 Å². The Kier molecular flexibility index (Phi) is 6.91. The van der Waals surface area contributed by atoms with Gasteiger partial charge in [-0.15, -0.1) is 0 Å². The number of carbonyl (C=O) groups excluding carboxylic acids is 1. The molecule has 8 heteroatoms. The maximum absolute atomic E-state index is 12.8. The Labute approximate surface area is 201 Å². The molecule has 7 nitrogen and oxygen atoms in total. The number of benzene rings is 2. The van der Waals surface area contributed by atoms with Crippen LogP contribution in [0.2, 0.25) is 0 Å². The van der Waals surface area contributed by atoms with E-state index in [-0.39, 0.29) is 16.8 Å². The van der Waals surface area contributed by atoms with Crippen molar-refractivity contribution >= 4 is 15.9 Å². The molecule has 1 aromatic heterocycles. The fraction of sp³-hybridized carbons (Fsp3) is 0.385. The lowest BCUT2D eigenvalue weighted by Gasteiger charge is -2.18. The molecule has 180 valence electrons. The van der Waals surface area contributed by atoms with Crippen molar-refractivity contribution in [3.8, 4) is 5.69 Å². The van der Waals surface area contributed by atoms with Crippen molar-refractivity contribution in [1.29, 1.82) is 0 Å². The van der Waals surface area contributed by atoms with Crippen molar-refractivity contribution in [1.82, 2.24) is 19.4 Å². The van der Waals surface area contributed by atoms with E-state index in [1.165, 1.54) is 0 Å². The summed E-state index contributed by atoms with van der Waals surface area (Å²) in [5.74, 6) is 0.0366. The molecule has 1 fully saturated rings. The van der Waals surface area contributed by atoms with Crippen LogP contribution >= 0.6 is 0 Å². The fourth-order valence-corrected chi connectivity index (χ4v) is 5.34. The first-order chi connectivity index (χ1) is 16.2. The molecule has 3 aromatic rings. The summed E-state index contributed by atoms with van der Waals surface area (Å²) in [5.41, 5.74) is 6.12. The number of para-hydroxylation sites is 1. The van der Waals surface area contributed by atoms with Gasteiger partial charge in [0.2, 0.25) is 15.9 Å². The quantitative estimate of drug-likeness (QED) is 0.505. The fourth-order valence-electron chi connectivity index (χ4n) is 4.03. The molecule has 0 aliphatic heterocycles. The molecule has 34 heavy (non-hydrogen) atoms. The minimum Gasteiger partial charge on any atom is -0.341 e. The lowest BCUT2D eigenvalue weighted by molar-refractivity contribution is -0.130. The van der Waals surface area contributed by atoms with E-state index in [2.05, 4.69) is 17.7 Å². The van der Waals surface area contributed by atoms with Gasteiger partial charge in [-0.25, -0.2) is 17.8 Å². The van der Waals surface area contributed by atoms with Crippen LogP contribution in [-0.2, 0) is 27.8 Å². The van der Waals surface area contributed by atoms with Crippen LogP contribution in [-0.4, -0.2) is 42.1 Å². The third-order valence-electron chi connectivity index (χ3n) is 6.37. The first kappa shape index (κ1) is 24.2. The molecule has 2 aromatic carbocycles. The van der Waals surface area contributed by atoms with Gasteiger partial charge in [0.05, 0.1) is 16.3 Å². The van der Waals surface area contributed by atoms with Crippen LogP contribution in [0.4, 0.5) is 0 Å². The first-order valence-electron chi connectivity index (χ1n) is 11.6. The number of rotatable bonds is 9. The Morgan fingerprint density at radius 3 is 2.41 bits per heavy atom. The third kappa shape index (κ3) is 5.39. The van der Waals surface area contributed by atoms with E-state index in [1.807, 2.05) is 43.8 Å². The van der Waals surface area contributed by atoms with Gasteiger partial charge in [-0.2, -0.15) is 5.10 Å². The molecular formula is C26H32N4O3S. The summed E-state index contributed by atoms with van der Waals surface area (Å²) >= 11 is 0. The summed E-state index contributed by atoms with van der Waals surface area (Å²) in [6.45, 7) is 6.57. The second-order valence-electron chi connectivity index (χ2n) is 9.14. The van der Waals surface area contributed by atoms with Crippen molar-refractivity contribution in [3.63, 3.8) is 0 Å². The van der Waals surface area contributed by atoms with E-state index in [4.69, 9.17) is 5.10 Å². The topological polar surface area (TPSA) is 84.3 Å². The molecule has 1 N–H and O–H groups in total. The van der Waals surface area contributed by atoms with Gasteiger partial charge in [-0.05, 0) is 69.4 Å². The molecule has 1 aliphatic carbocycles. The highest BCUT2D eigenvalue weighted by atomic mass is 32.2. The van der Waals surface area contributed by atoms with Crippen LogP contribution < -0.4 is 4.72 Å². The average molecular weight is 481 g/mol. The monoisotopic (exact) mass is 480 g/mol. The molecule has 0 spiro atoms. The number of hydrogen-bond donors (Lipinski definition) is 1. The van der Waals surface area contributed by atoms with E-state index in [0.717, 1.165) is 46.6 Å². The number of carbonyl (C=O) groups is 1. The van der Waals surface area contributed by atoms with Crippen molar-refractivity contribution in [3.05, 3.63) is 76.6 Å². The number of amides is 1. The highest BCUT2D eigenvalue weighted by molar-refractivity contribution is 7.89. The maximum Gasteiger partial charge on any atom is 0.240 e. The predicted molar refractivity (Wildman–Crippen MR) is 132 cm³/mol. The molecular weight excluding hydrogens is 448 g/mol. The van der Waals surface area contributed by atoms with Crippen LogP contribution in [0.1, 0.15) is 47.3 Å². The number of hydrogen-bond acceptors (Lipinski definition) is 4. The van der Waals surface area contributed by atoms with E-state index < -0.39 is 10.0 Å². The van der Waals surface area contributed by atoms with E-state index in [9.17, 15) is 13.2 Å². The molecule has 4 rings (SSSR count). The number of aryl methyl sites for hydroxylation is 3. The predicted octanol–water partition coefficient (Wildman–Crippen LogP) is 3.83. The van der Waals surface area contributed by atoms with Crippen molar-refractivity contribution in [2.45, 2.75) is 63.9 Å². The van der Waals surface area contributed by atoms with Gasteiger partial charge < -0.3 is 4.90 Å². The van der Waals surface area contributed by atoms with E-state index >= 15 is 0 Å². The van der Waals surface area contributed by atoms with Gasteiger partial charge in [0, 0.05) is 37.3 Å². The van der Waals surface area contributed by atoms with Crippen LogP contribution in [0.3, 0.4) is 0 Å². The van der Waals surface area contributed by atoms with Crippen LogP contribution in [0.25, 0.3) is 5.69 Å². The summed E-state index contributed by atoms with van der Waals surface area (Å²) < 4.78 is 29.3. The van der Waals surface area contributed by atoms with E-state index in [0.29, 0.717) is 19.4 Å². The number of sulfonamides is 1. The Bertz CT molecular complexity index is 1290. The SMILES string of the molecule is Cc1ccccc1-n1nc(C)c(CN(C)C(=O)CCc2ccc(S(=O)(=O)NC3CC3)cc2)c1C. The average Bonchev–Trinajstić information content (AvgIpc) is 3.58. The van der Waals surface area contributed by atoms with Crippen molar-refractivity contribution < 1.29 is 13.2 Å². The minimum atomic E-state index is -3.46. The van der Waals surface area contributed by atoms with Gasteiger partial charge in [0.15, 0.2) is 0 Å². The standard InChI is InChI=1S/C26H32N4O3S/c1-18-7-5-6-8-25(18)30-20(3)24(19(2)27-30)17-29(4)26(31)16-11-21-9-14-23(15-10-21)34(32,33)28-22-12-13-22/h5-10,14-15,22,28H,11-13,16-17H2,1-4H3. The molecule has 1 amide bonds. The normalized spacial score (nSPS) is 13.8. The zero-order valence-electron chi connectivity index (χ0n) is 20.2. The van der Waals surface area contributed by atoms with Gasteiger partial charge in [-0.3, -0.25) is 4.79 Å². The first-order valence-corrected chi connectivity index (χ1v) is 13.1. The highest BCUT2D eigenvalue weighted by Gasteiger charge is 2.27. The molecule has 1 saturated carbocycles. The highest BCUT2D eigenvalue weighted by Crippen LogP contribution is 2.23. The molecule has 0 saturated heterocycles. The Morgan fingerprint density at radius 2 is 1.76 bits per heavy atom. The lowest BCUT2D eigenvalue weighted by atomic mass is 10.1. The summed E-state index contributed by atoms with van der Waals surface area (Å²) in [7, 11) is -1.64. The molecule has 1 heterocycles. The summed E-state index contributed by atoms with van der Waals surface area (Å²) in [5, 5.41) is 4.72. The third-order valence-corrected chi connectivity index (χ3v) is 7.90. The summed E-state index contributed by atoms with van der Waals surface area (Å²) in [6, 6.07) is 15.0. The zero-order valence-corrected chi connectivity index (χ0v) is 21.0. The molecule has 1 aliphatic rings. The molecule has 0 atom stereocenters. The second-order valence-corrected chi connectivity index (χ2v) is 10.9. The Morgan fingerprint density at radius 1 is 1.09 bits per heavy atom. The van der Waals surface area contributed by atoms with Crippen LogP contribution in [0.5, 0.6) is 0 Å². The van der Waals surface area contributed by atoms with Crippen molar-refractivity contribution in [2.24, 2.45) is 0 Å². The zero-order chi connectivity index (χ0) is 24.5. The summed E-state index contributed by atoms with van der Waals surface area (Å²) in [6.07, 6.45) is 2.71. The van der Waals surface area contributed by atoms with Crippen LogP contribution in [0.15, 0.2) is 53.4 Å². The number of nitrogens with one attached hydrogen (secondary N) is 1. The largest absolute Gasteiger partial charge is 0.341 e. The minimum absolute atomic E-state index is 0.0366. The van der Waals surface area contributed by atoms with Gasteiger partial charge in [0.1, 0.15) is 0 Å². The summed E-state index contributed by atoms with van der Waals surface area (Å²) in [4.78, 5) is 14.8. The number of nitrogens with zero attached hydrogens (tertiary/aromatic N) is 3. The van der Waals surface area contributed by atoms with E-state index in [1.54, 1.807) is 29.2 Å². The molecule has 0 radical (unpaired) electrons. The maximum atomic E-state index is 12.8. The molecule has 0 bridgehead atoms. The molecule has 0 unspecified atom stereocenters. The smallest absolute Gasteiger partial charge is 0.240 e. The Balaban J connectivity index is 1.37. The second kappa shape index (κ2) is 9.72. The van der Waals surface area contributed by atoms with Gasteiger partial charge in [0.25, 0.3) is 0 Å². The Hall–Kier alpha value is -2.97. The lowest BCUT2D eigenvalue weighted by Crippen LogP contribution is -2.27. The number of aromatic nitrogens is 2.